The highest BCUT2D eigenvalue weighted by Gasteiger charge is 2.35. The van der Waals surface area contributed by atoms with E-state index in [2.05, 4.69) is 48.1 Å². The fraction of sp³-hybridized carbons (Fsp3) is 0.667. The fourth-order valence-corrected chi connectivity index (χ4v) is 4.01. The lowest BCUT2D eigenvalue weighted by atomic mass is 10.00. The van der Waals surface area contributed by atoms with E-state index in [9.17, 15) is 4.39 Å². The van der Waals surface area contributed by atoms with Crippen LogP contribution in [0.2, 0.25) is 0 Å². The highest BCUT2D eigenvalue weighted by Crippen LogP contribution is 2.24. The first-order valence-corrected chi connectivity index (χ1v) is 10.6. The smallest absolute Gasteiger partial charge is 0.209 e. The van der Waals surface area contributed by atoms with Crippen LogP contribution < -0.4 is 9.80 Å². The van der Waals surface area contributed by atoms with Crippen molar-refractivity contribution >= 4 is 5.69 Å². The van der Waals surface area contributed by atoms with E-state index < -0.39 is 0 Å². The van der Waals surface area contributed by atoms with Crippen molar-refractivity contribution in [1.82, 2.24) is 20.2 Å². The zero-order chi connectivity index (χ0) is 20.1. The third-order valence-electron chi connectivity index (χ3n) is 6.18. The molecule has 0 amide bonds. The van der Waals surface area contributed by atoms with Crippen LogP contribution in [-0.2, 0) is 5.54 Å². The number of piperazine rings is 1. The molecule has 0 radical (unpaired) electrons. The second kappa shape index (κ2) is 8.99. The second-order valence-electron chi connectivity index (χ2n) is 8.41. The van der Waals surface area contributed by atoms with Crippen molar-refractivity contribution in [3.8, 4) is 0 Å². The van der Waals surface area contributed by atoms with E-state index in [1.807, 2.05) is 16.8 Å². The predicted molar refractivity (Wildman–Crippen MR) is 109 cm³/mol. The van der Waals surface area contributed by atoms with Crippen LogP contribution in [0.4, 0.5) is 10.1 Å². The lowest BCUT2D eigenvalue weighted by molar-refractivity contribution is -0.933. The van der Waals surface area contributed by atoms with Gasteiger partial charge in [-0.25, -0.2) is 9.07 Å². The van der Waals surface area contributed by atoms with Gasteiger partial charge in [0.25, 0.3) is 0 Å². The van der Waals surface area contributed by atoms with Crippen molar-refractivity contribution in [2.24, 2.45) is 0 Å². The maximum Gasteiger partial charge on any atom is 0.209 e. The Morgan fingerprint density at radius 1 is 1.18 bits per heavy atom. The first-order chi connectivity index (χ1) is 13.5. The zero-order valence-electron chi connectivity index (χ0n) is 17.7. The number of aromatic nitrogens is 4. The predicted octanol–water partition coefficient (Wildman–Crippen LogP) is 2.59. The summed E-state index contributed by atoms with van der Waals surface area (Å²) in [6, 6.07) is 7.35. The number of nitrogens with zero attached hydrogens (tertiary/aromatic N) is 5. The van der Waals surface area contributed by atoms with E-state index in [0.717, 1.165) is 57.7 Å². The van der Waals surface area contributed by atoms with E-state index in [1.54, 1.807) is 12.1 Å². The van der Waals surface area contributed by atoms with Crippen molar-refractivity contribution in [2.45, 2.75) is 65.0 Å². The molecule has 0 unspecified atom stereocenters. The van der Waals surface area contributed by atoms with Gasteiger partial charge < -0.3 is 9.80 Å². The molecule has 1 aliphatic heterocycles. The van der Waals surface area contributed by atoms with Gasteiger partial charge in [-0.05, 0) is 49.2 Å². The lowest BCUT2D eigenvalue weighted by Gasteiger charge is -2.38. The van der Waals surface area contributed by atoms with Gasteiger partial charge >= 0.3 is 0 Å². The number of hydrogen-bond donors (Lipinski definition) is 1. The lowest BCUT2D eigenvalue weighted by Crippen LogP contribution is -3.15. The molecule has 0 saturated carbocycles. The van der Waals surface area contributed by atoms with Crippen LogP contribution in [0.5, 0.6) is 0 Å². The van der Waals surface area contributed by atoms with Crippen molar-refractivity contribution in [3.05, 3.63) is 35.9 Å². The first-order valence-electron chi connectivity index (χ1n) is 10.6. The van der Waals surface area contributed by atoms with Gasteiger partial charge in [0.2, 0.25) is 5.82 Å². The summed E-state index contributed by atoms with van der Waals surface area (Å²) in [5.74, 6) is 0.858. The minimum atomic E-state index is -0.137. The highest BCUT2D eigenvalue weighted by molar-refractivity contribution is 5.47. The summed E-state index contributed by atoms with van der Waals surface area (Å²) < 4.78 is 16.2. The second-order valence-corrected chi connectivity index (χ2v) is 8.41. The van der Waals surface area contributed by atoms with Crippen molar-refractivity contribution < 1.29 is 9.29 Å². The van der Waals surface area contributed by atoms with E-state index >= 15 is 0 Å². The van der Waals surface area contributed by atoms with Crippen LogP contribution in [0.3, 0.4) is 0 Å². The number of rotatable bonds is 8. The largest absolute Gasteiger partial charge is 0.358 e. The normalized spacial score (nSPS) is 17.1. The van der Waals surface area contributed by atoms with E-state index in [-0.39, 0.29) is 17.4 Å². The number of halogens is 1. The molecule has 1 aromatic carbocycles. The molecule has 1 fully saturated rings. The molecule has 154 valence electrons. The Hall–Kier alpha value is -2.02. The maximum atomic E-state index is 14.2. The number of anilines is 1. The van der Waals surface area contributed by atoms with Crippen LogP contribution in [-0.4, -0.2) is 46.4 Å². The molecule has 28 heavy (non-hydrogen) atoms. The third-order valence-corrected chi connectivity index (χ3v) is 6.18. The summed E-state index contributed by atoms with van der Waals surface area (Å²) >= 11 is 0. The van der Waals surface area contributed by atoms with Crippen LogP contribution in [0.25, 0.3) is 0 Å². The summed E-state index contributed by atoms with van der Waals surface area (Å²) in [4.78, 5) is 3.67. The molecule has 6 nitrogen and oxygen atoms in total. The quantitative estimate of drug-likeness (QED) is 0.754. The Morgan fingerprint density at radius 3 is 2.54 bits per heavy atom. The number of benzene rings is 1. The Morgan fingerprint density at radius 2 is 1.89 bits per heavy atom. The molecule has 0 spiro atoms. The van der Waals surface area contributed by atoms with Gasteiger partial charge in [-0.1, -0.05) is 32.4 Å². The number of quaternary nitrogens is 1. The molecule has 2 heterocycles. The summed E-state index contributed by atoms with van der Waals surface area (Å²) in [5, 5.41) is 12.8. The minimum absolute atomic E-state index is 0.0995. The summed E-state index contributed by atoms with van der Waals surface area (Å²) in [5.41, 5.74) is 0.612. The van der Waals surface area contributed by atoms with Crippen molar-refractivity contribution in [1.29, 1.82) is 0 Å². The van der Waals surface area contributed by atoms with Crippen LogP contribution in [0.15, 0.2) is 24.3 Å². The molecule has 1 aliphatic rings. The molecule has 3 rings (SSSR count). The Bertz CT molecular complexity index is 751. The van der Waals surface area contributed by atoms with Crippen LogP contribution in [0.1, 0.15) is 65.2 Å². The Kier molecular flexibility index (Phi) is 6.65. The van der Waals surface area contributed by atoms with Gasteiger partial charge in [-0.2, -0.15) is 0 Å². The van der Waals surface area contributed by atoms with Crippen LogP contribution >= 0.6 is 0 Å². The third kappa shape index (κ3) is 4.35. The number of nitrogens with one attached hydrogen (secondary N) is 1. The van der Waals surface area contributed by atoms with Gasteiger partial charge in [0.15, 0.2) is 0 Å². The standard InChI is InChI=1S/C21H33FN6/c1-5-7-11-19(20-23-24-25-28(20)21(3,4)6-2)27-15-13-26(14-16-27)18-12-9-8-10-17(18)22/h8-10,12,19H,5-7,11,13-16H2,1-4H3/p+1/t19-/m0/s1. The van der Waals surface area contributed by atoms with Crippen molar-refractivity contribution in [3.63, 3.8) is 0 Å². The average Bonchev–Trinajstić information content (AvgIpc) is 3.20. The zero-order valence-corrected chi connectivity index (χ0v) is 17.7. The number of unbranched alkanes of at least 4 members (excludes halogenated alkanes) is 1. The Balaban J connectivity index is 1.77. The van der Waals surface area contributed by atoms with Gasteiger partial charge in [0.05, 0.1) is 37.4 Å². The molecule has 0 bridgehead atoms. The molecule has 1 atom stereocenters. The molecular weight excluding hydrogens is 355 g/mol. The average molecular weight is 390 g/mol. The first kappa shape index (κ1) is 20.7. The number of tetrazole rings is 1. The molecular formula is C21H34FN6+. The molecule has 1 aromatic heterocycles. The number of hydrogen-bond acceptors (Lipinski definition) is 4. The molecule has 1 N–H and O–H groups in total. The SMILES string of the molecule is CCCC[C@@H](c1nnnn1C(C)(C)CC)[NH+]1CCN(c2ccccc2F)CC1. The van der Waals surface area contributed by atoms with Crippen LogP contribution in [0, 0.1) is 5.82 Å². The van der Waals surface area contributed by atoms with E-state index in [4.69, 9.17) is 0 Å². The monoisotopic (exact) mass is 389 g/mol. The number of para-hydroxylation sites is 1. The molecule has 7 heteroatoms. The van der Waals surface area contributed by atoms with Gasteiger partial charge in [0, 0.05) is 6.42 Å². The van der Waals surface area contributed by atoms with E-state index in [0.29, 0.717) is 5.69 Å². The Labute approximate surface area is 167 Å². The fourth-order valence-electron chi connectivity index (χ4n) is 4.01. The van der Waals surface area contributed by atoms with E-state index in [1.165, 1.54) is 4.90 Å². The van der Waals surface area contributed by atoms with Gasteiger partial charge in [0.1, 0.15) is 11.9 Å². The topological polar surface area (TPSA) is 51.3 Å². The minimum Gasteiger partial charge on any atom is -0.358 e. The summed E-state index contributed by atoms with van der Waals surface area (Å²) in [6.45, 7) is 12.4. The highest BCUT2D eigenvalue weighted by atomic mass is 19.1. The summed E-state index contributed by atoms with van der Waals surface area (Å²) in [7, 11) is 0. The molecule has 0 aliphatic carbocycles. The molecule has 2 aromatic rings. The van der Waals surface area contributed by atoms with Gasteiger partial charge in [-0.3, -0.25) is 0 Å². The summed E-state index contributed by atoms with van der Waals surface area (Å²) in [6.07, 6.45) is 4.36. The maximum absolute atomic E-state index is 14.2. The molecule has 1 saturated heterocycles. The van der Waals surface area contributed by atoms with Crippen molar-refractivity contribution in [2.75, 3.05) is 31.1 Å². The van der Waals surface area contributed by atoms with Gasteiger partial charge in [-0.15, -0.1) is 5.10 Å².